The number of furan rings is 1. The molecule has 0 bridgehead atoms. The first-order valence-electron chi connectivity index (χ1n) is 10.4. The molecule has 1 heterocycles. The number of amides is 1. The second-order valence-electron chi connectivity index (χ2n) is 8.44. The summed E-state index contributed by atoms with van der Waals surface area (Å²) >= 11 is 0. The van der Waals surface area contributed by atoms with Crippen LogP contribution < -0.4 is 16.0 Å². The minimum atomic E-state index is -1.24. The van der Waals surface area contributed by atoms with Gasteiger partial charge in [0.25, 0.3) is 0 Å². The second kappa shape index (κ2) is 10.9. The zero-order valence-corrected chi connectivity index (χ0v) is 18.9. The minimum absolute atomic E-state index is 0.103. The highest BCUT2D eigenvalue weighted by molar-refractivity contribution is 5.80. The van der Waals surface area contributed by atoms with E-state index in [1.807, 2.05) is 58.0 Å². The number of guanidine groups is 1. The topological polar surface area (TPSA) is 108 Å². The highest BCUT2D eigenvalue weighted by atomic mass is 16.6. The van der Waals surface area contributed by atoms with E-state index in [4.69, 9.17) is 9.15 Å². The summed E-state index contributed by atoms with van der Waals surface area (Å²) in [6.07, 6.45) is 1.02. The number of benzene rings is 1. The van der Waals surface area contributed by atoms with Crippen LogP contribution in [-0.4, -0.2) is 42.4 Å². The lowest BCUT2D eigenvalue weighted by Gasteiger charge is -2.25. The van der Waals surface area contributed by atoms with Crippen LogP contribution in [0.4, 0.5) is 4.79 Å². The van der Waals surface area contributed by atoms with Crippen molar-refractivity contribution in [3.05, 3.63) is 60.1 Å². The third-order valence-electron chi connectivity index (χ3n) is 4.31. The molecule has 170 valence electrons. The van der Waals surface area contributed by atoms with Crippen LogP contribution in [0.1, 0.15) is 52.0 Å². The van der Waals surface area contributed by atoms with Crippen LogP contribution in [0.25, 0.3) is 0 Å². The van der Waals surface area contributed by atoms with Crippen molar-refractivity contribution < 1.29 is 19.1 Å². The molecular weight excluding hydrogens is 396 g/mol. The third-order valence-corrected chi connectivity index (χ3v) is 4.31. The summed E-state index contributed by atoms with van der Waals surface area (Å²) in [5.74, 6) is 0.960. The van der Waals surface area contributed by atoms with Gasteiger partial charge in [0, 0.05) is 13.1 Å². The number of nitrogens with zero attached hydrogens (tertiary/aromatic N) is 1. The fourth-order valence-corrected chi connectivity index (χ4v) is 2.82. The Morgan fingerprint density at radius 1 is 1.13 bits per heavy atom. The largest absolute Gasteiger partial charge is 0.466 e. The van der Waals surface area contributed by atoms with Crippen molar-refractivity contribution in [3.8, 4) is 0 Å². The normalized spacial score (nSPS) is 15.0. The molecule has 0 spiro atoms. The zero-order chi connectivity index (χ0) is 22.9. The van der Waals surface area contributed by atoms with Crippen LogP contribution in [-0.2, 0) is 10.3 Å². The molecule has 0 aliphatic rings. The number of aliphatic hydroxyl groups is 1. The van der Waals surface area contributed by atoms with E-state index in [2.05, 4.69) is 20.9 Å². The average molecular weight is 431 g/mol. The molecule has 1 amide bonds. The van der Waals surface area contributed by atoms with Gasteiger partial charge in [0.1, 0.15) is 17.0 Å². The summed E-state index contributed by atoms with van der Waals surface area (Å²) in [6.45, 7) is 10.2. The number of rotatable bonds is 8. The van der Waals surface area contributed by atoms with Gasteiger partial charge in [0.05, 0.1) is 18.8 Å². The number of hydrogen-bond acceptors (Lipinski definition) is 5. The van der Waals surface area contributed by atoms with Crippen molar-refractivity contribution >= 4 is 12.1 Å². The quantitative estimate of drug-likeness (QED) is 0.378. The van der Waals surface area contributed by atoms with Gasteiger partial charge in [-0.15, -0.1) is 0 Å². The Morgan fingerprint density at radius 2 is 1.84 bits per heavy atom. The molecule has 31 heavy (non-hydrogen) atoms. The van der Waals surface area contributed by atoms with Crippen LogP contribution in [0.15, 0.2) is 58.1 Å². The number of aliphatic imine (C=N–C) groups is 1. The molecule has 2 unspecified atom stereocenters. The number of hydrogen-bond donors (Lipinski definition) is 4. The molecule has 2 rings (SSSR count). The predicted octanol–water partition coefficient (Wildman–Crippen LogP) is 3.31. The molecule has 0 aliphatic heterocycles. The minimum Gasteiger partial charge on any atom is -0.466 e. The smallest absolute Gasteiger partial charge is 0.408 e. The first-order valence-corrected chi connectivity index (χ1v) is 10.4. The second-order valence-corrected chi connectivity index (χ2v) is 8.44. The van der Waals surface area contributed by atoms with Gasteiger partial charge < -0.3 is 30.2 Å². The molecule has 8 nitrogen and oxygen atoms in total. The summed E-state index contributed by atoms with van der Waals surface area (Å²) in [6, 6.07) is 12.7. The van der Waals surface area contributed by atoms with Gasteiger partial charge in [-0.05, 0) is 52.3 Å². The maximum atomic E-state index is 12.4. The van der Waals surface area contributed by atoms with E-state index in [-0.39, 0.29) is 12.6 Å². The summed E-state index contributed by atoms with van der Waals surface area (Å²) in [5.41, 5.74) is -0.897. The number of alkyl carbamates (subject to hydrolysis) is 1. The molecule has 2 atom stereocenters. The lowest BCUT2D eigenvalue weighted by Crippen LogP contribution is -2.44. The molecule has 1 aromatic carbocycles. The number of ether oxygens (including phenoxy) is 1. The van der Waals surface area contributed by atoms with E-state index >= 15 is 0 Å². The molecule has 4 N–H and O–H groups in total. The van der Waals surface area contributed by atoms with E-state index in [1.54, 1.807) is 19.1 Å². The first kappa shape index (κ1) is 24.3. The van der Waals surface area contributed by atoms with Gasteiger partial charge in [-0.25, -0.2) is 9.79 Å². The SMILES string of the molecule is CCNC(=NCC(C)(O)c1ccco1)NCC(NC(=O)OC(C)(C)C)c1ccccc1. The van der Waals surface area contributed by atoms with E-state index in [0.717, 1.165) is 5.56 Å². The monoisotopic (exact) mass is 430 g/mol. The number of nitrogens with one attached hydrogen (secondary N) is 3. The van der Waals surface area contributed by atoms with Crippen molar-refractivity contribution in [1.29, 1.82) is 0 Å². The molecule has 0 saturated heterocycles. The van der Waals surface area contributed by atoms with E-state index in [9.17, 15) is 9.90 Å². The van der Waals surface area contributed by atoms with Gasteiger partial charge in [-0.1, -0.05) is 30.3 Å². The number of carbonyl (C=O) groups excluding carboxylic acids is 1. The van der Waals surface area contributed by atoms with Gasteiger partial charge in [-0.3, -0.25) is 0 Å². The van der Waals surface area contributed by atoms with Crippen molar-refractivity contribution in [3.63, 3.8) is 0 Å². The molecular formula is C23H34N4O4. The van der Waals surface area contributed by atoms with Gasteiger partial charge >= 0.3 is 6.09 Å². The van der Waals surface area contributed by atoms with Gasteiger partial charge in [0.15, 0.2) is 5.96 Å². The van der Waals surface area contributed by atoms with E-state index < -0.39 is 17.3 Å². The van der Waals surface area contributed by atoms with E-state index in [0.29, 0.717) is 24.8 Å². The van der Waals surface area contributed by atoms with Crippen LogP contribution >= 0.6 is 0 Å². The Labute approximate surface area is 184 Å². The average Bonchev–Trinajstić information content (AvgIpc) is 3.24. The summed E-state index contributed by atoms with van der Waals surface area (Å²) in [5, 5.41) is 19.9. The molecule has 1 aromatic heterocycles. The number of carbonyl (C=O) groups is 1. The lowest BCUT2D eigenvalue weighted by atomic mass is 10.0. The summed E-state index contributed by atoms with van der Waals surface area (Å²) in [4.78, 5) is 16.8. The first-order chi connectivity index (χ1) is 14.6. The highest BCUT2D eigenvalue weighted by Gasteiger charge is 2.26. The Balaban J connectivity index is 2.09. The molecule has 0 saturated carbocycles. The molecule has 0 fully saturated rings. The lowest BCUT2D eigenvalue weighted by molar-refractivity contribution is 0.0437. The Morgan fingerprint density at radius 3 is 2.42 bits per heavy atom. The van der Waals surface area contributed by atoms with Crippen molar-refractivity contribution in [1.82, 2.24) is 16.0 Å². The van der Waals surface area contributed by atoms with Crippen LogP contribution in [0.5, 0.6) is 0 Å². The molecule has 2 aromatic rings. The van der Waals surface area contributed by atoms with Crippen LogP contribution in [0.3, 0.4) is 0 Å². The van der Waals surface area contributed by atoms with Crippen LogP contribution in [0.2, 0.25) is 0 Å². The van der Waals surface area contributed by atoms with Gasteiger partial charge in [-0.2, -0.15) is 0 Å². The Kier molecular flexibility index (Phi) is 8.50. The predicted molar refractivity (Wildman–Crippen MR) is 121 cm³/mol. The molecule has 0 radical (unpaired) electrons. The maximum absolute atomic E-state index is 12.4. The Hall–Kier alpha value is -3.00. The molecule has 0 aliphatic carbocycles. The maximum Gasteiger partial charge on any atom is 0.408 e. The summed E-state index contributed by atoms with van der Waals surface area (Å²) < 4.78 is 10.7. The summed E-state index contributed by atoms with van der Waals surface area (Å²) in [7, 11) is 0. The fraction of sp³-hybridized carbons (Fsp3) is 0.478. The van der Waals surface area contributed by atoms with Crippen LogP contribution in [0, 0.1) is 0 Å². The molecule has 8 heteroatoms. The van der Waals surface area contributed by atoms with E-state index in [1.165, 1.54) is 6.26 Å². The zero-order valence-electron chi connectivity index (χ0n) is 18.9. The third kappa shape index (κ3) is 8.33. The van der Waals surface area contributed by atoms with Gasteiger partial charge in [0.2, 0.25) is 0 Å². The van der Waals surface area contributed by atoms with Crippen molar-refractivity contribution in [2.45, 2.75) is 51.9 Å². The fourth-order valence-electron chi connectivity index (χ4n) is 2.82. The highest BCUT2D eigenvalue weighted by Crippen LogP contribution is 2.21. The van der Waals surface area contributed by atoms with Crippen molar-refractivity contribution in [2.24, 2.45) is 4.99 Å². The van der Waals surface area contributed by atoms with Crippen molar-refractivity contribution in [2.75, 3.05) is 19.6 Å². The standard InChI is InChI=1S/C23H34N4O4/c1-6-24-20(26-16-23(5,29)19-13-10-14-30-19)25-15-18(17-11-8-7-9-12-17)27-21(28)31-22(2,3)4/h7-14,18,29H,6,15-16H2,1-5H3,(H,27,28)(H2,24,25,26). The Bertz CT molecular complexity index is 827.